The smallest absolute Gasteiger partial charge is 0.332 e. The zero-order valence-corrected chi connectivity index (χ0v) is 9.50. The fourth-order valence-electron chi connectivity index (χ4n) is 0.899. The molecule has 0 heterocycles. The highest BCUT2D eigenvalue weighted by Gasteiger charge is 2.16. The van der Waals surface area contributed by atoms with Gasteiger partial charge in [-0.3, -0.25) is 0 Å². The Morgan fingerprint density at radius 3 is 2.43 bits per heavy atom. The van der Waals surface area contributed by atoms with Gasteiger partial charge >= 0.3 is 5.97 Å². The predicted octanol–water partition coefficient (Wildman–Crippen LogP) is 2.31. The zero-order chi connectivity index (χ0) is 11.2. The quantitative estimate of drug-likeness (QED) is 0.504. The number of esters is 1. The van der Waals surface area contributed by atoms with Crippen LogP contribution in [0, 0.1) is 0 Å². The van der Waals surface area contributed by atoms with Crippen molar-refractivity contribution in [3.63, 3.8) is 0 Å². The average Bonchev–Trinajstić information content (AvgIpc) is 2.03. The molecule has 0 saturated carbocycles. The molecule has 0 aromatic heterocycles. The summed E-state index contributed by atoms with van der Waals surface area (Å²) < 4.78 is 10.3. The molecule has 0 radical (unpaired) electrons. The predicted molar refractivity (Wildman–Crippen MR) is 56.1 cm³/mol. The minimum absolute atomic E-state index is 0.0121. The molecule has 0 saturated heterocycles. The summed E-state index contributed by atoms with van der Waals surface area (Å²) >= 11 is 0. The molecule has 0 spiro atoms. The van der Waals surface area contributed by atoms with Gasteiger partial charge in [0.25, 0.3) is 0 Å². The van der Waals surface area contributed by atoms with Crippen molar-refractivity contribution in [2.24, 2.45) is 0 Å². The van der Waals surface area contributed by atoms with Crippen molar-refractivity contribution in [1.29, 1.82) is 0 Å². The van der Waals surface area contributed by atoms with Crippen LogP contribution in [0.1, 0.15) is 34.1 Å². The topological polar surface area (TPSA) is 35.5 Å². The fraction of sp³-hybridized carbons (Fsp3) is 0.727. The lowest BCUT2D eigenvalue weighted by Crippen LogP contribution is -2.27. The second-order valence-corrected chi connectivity index (χ2v) is 4.08. The molecule has 1 atom stereocenters. The van der Waals surface area contributed by atoms with Crippen molar-refractivity contribution in [3.05, 3.63) is 12.7 Å². The first-order valence-corrected chi connectivity index (χ1v) is 4.85. The first kappa shape index (κ1) is 13.2. The standard InChI is InChI=1S/C11H20O3/c1-6-9(7-2)13-8-10(12)14-11(3,4)5/h6,9H,1,7-8H2,2-5H3/t9-/m0/s1. The Hall–Kier alpha value is -0.830. The molecule has 3 nitrogen and oxygen atoms in total. The Balaban J connectivity index is 3.79. The zero-order valence-electron chi connectivity index (χ0n) is 9.50. The molecule has 0 N–H and O–H groups in total. The third-order valence-electron chi connectivity index (χ3n) is 1.50. The highest BCUT2D eigenvalue weighted by molar-refractivity contribution is 5.71. The molecule has 0 amide bonds. The van der Waals surface area contributed by atoms with E-state index in [9.17, 15) is 4.79 Å². The number of ether oxygens (including phenoxy) is 2. The van der Waals surface area contributed by atoms with Gasteiger partial charge in [0, 0.05) is 0 Å². The van der Waals surface area contributed by atoms with Crippen LogP contribution in [0.5, 0.6) is 0 Å². The Morgan fingerprint density at radius 2 is 2.07 bits per heavy atom. The molecule has 82 valence electrons. The Labute approximate surface area is 86.1 Å². The van der Waals surface area contributed by atoms with E-state index in [2.05, 4.69) is 6.58 Å². The molecule has 0 bridgehead atoms. The van der Waals surface area contributed by atoms with Crippen molar-refractivity contribution < 1.29 is 14.3 Å². The third kappa shape index (κ3) is 6.66. The summed E-state index contributed by atoms with van der Waals surface area (Å²) in [7, 11) is 0. The van der Waals surface area contributed by atoms with Gasteiger partial charge in [-0.1, -0.05) is 13.0 Å². The molecule has 0 unspecified atom stereocenters. The molecule has 14 heavy (non-hydrogen) atoms. The molecule has 0 aromatic carbocycles. The van der Waals surface area contributed by atoms with Gasteiger partial charge in [-0.2, -0.15) is 0 Å². The Kier molecular flexibility index (Phi) is 5.46. The van der Waals surface area contributed by atoms with Crippen LogP contribution in [0.15, 0.2) is 12.7 Å². The van der Waals surface area contributed by atoms with Crippen molar-refractivity contribution >= 4 is 5.97 Å². The number of rotatable bonds is 5. The second-order valence-electron chi connectivity index (χ2n) is 4.08. The number of carbonyl (C=O) groups is 1. The first-order valence-electron chi connectivity index (χ1n) is 4.85. The van der Waals surface area contributed by atoms with E-state index in [-0.39, 0.29) is 18.7 Å². The van der Waals surface area contributed by atoms with Crippen LogP contribution in [0.2, 0.25) is 0 Å². The summed E-state index contributed by atoms with van der Waals surface area (Å²) in [6.45, 7) is 11.1. The van der Waals surface area contributed by atoms with E-state index in [0.29, 0.717) is 0 Å². The van der Waals surface area contributed by atoms with E-state index in [1.807, 2.05) is 27.7 Å². The lowest BCUT2D eigenvalue weighted by atomic mass is 10.2. The van der Waals surface area contributed by atoms with Crippen LogP contribution < -0.4 is 0 Å². The number of hydrogen-bond donors (Lipinski definition) is 0. The molecule has 0 aliphatic rings. The molecule has 0 aliphatic heterocycles. The van der Waals surface area contributed by atoms with Crippen LogP contribution in [-0.2, 0) is 14.3 Å². The molecule has 0 rings (SSSR count). The van der Waals surface area contributed by atoms with Crippen molar-refractivity contribution in [2.45, 2.75) is 45.8 Å². The second kappa shape index (κ2) is 5.81. The third-order valence-corrected chi connectivity index (χ3v) is 1.50. The van der Waals surface area contributed by atoms with E-state index < -0.39 is 5.60 Å². The van der Waals surface area contributed by atoms with E-state index >= 15 is 0 Å². The highest BCUT2D eigenvalue weighted by atomic mass is 16.6. The summed E-state index contributed by atoms with van der Waals surface area (Å²) in [5.74, 6) is -0.335. The van der Waals surface area contributed by atoms with E-state index in [4.69, 9.17) is 9.47 Å². The molecule has 0 fully saturated rings. The van der Waals surface area contributed by atoms with E-state index in [1.165, 1.54) is 0 Å². The van der Waals surface area contributed by atoms with Crippen LogP contribution in [0.25, 0.3) is 0 Å². The van der Waals surface area contributed by atoms with Crippen molar-refractivity contribution in [2.75, 3.05) is 6.61 Å². The monoisotopic (exact) mass is 200 g/mol. The normalized spacial score (nSPS) is 13.4. The molecular formula is C11H20O3. The van der Waals surface area contributed by atoms with Crippen molar-refractivity contribution in [1.82, 2.24) is 0 Å². The van der Waals surface area contributed by atoms with Gasteiger partial charge in [0.2, 0.25) is 0 Å². The molecular weight excluding hydrogens is 180 g/mol. The highest BCUT2D eigenvalue weighted by Crippen LogP contribution is 2.07. The molecule has 0 aromatic rings. The van der Waals surface area contributed by atoms with Gasteiger partial charge in [0.1, 0.15) is 12.2 Å². The van der Waals surface area contributed by atoms with Gasteiger partial charge in [0.05, 0.1) is 6.10 Å². The summed E-state index contributed by atoms with van der Waals surface area (Å²) in [6.07, 6.45) is 2.43. The van der Waals surface area contributed by atoms with Crippen LogP contribution in [0.4, 0.5) is 0 Å². The lowest BCUT2D eigenvalue weighted by Gasteiger charge is -2.20. The minimum Gasteiger partial charge on any atom is -0.458 e. The van der Waals surface area contributed by atoms with Gasteiger partial charge in [0.15, 0.2) is 0 Å². The summed E-state index contributed by atoms with van der Waals surface area (Å²) in [5, 5.41) is 0. The maximum atomic E-state index is 11.2. The first-order chi connectivity index (χ1) is 6.39. The largest absolute Gasteiger partial charge is 0.458 e. The number of carbonyl (C=O) groups excluding carboxylic acids is 1. The minimum atomic E-state index is -0.448. The summed E-state index contributed by atoms with van der Waals surface area (Å²) in [5.41, 5.74) is -0.448. The Bertz CT molecular complexity index is 191. The molecule has 3 heteroatoms. The van der Waals surface area contributed by atoms with Crippen LogP contribution in [-0.4, -0.2) is 24.3 Å². The van der Waals surface area contributed by atoms with E-state index in [1.54, 1.807) is 6.08 Å². The van der Waals surface area contributed by atoms with Gasteiger partial charge in [-0.25, -0.2) is 4.79 Å². The SMILES string of the molecule is C=C[C@@H](CC)OCC(=O)OC(C)(C)C. The average molecular weight is 200 g/mol. The lowest BCUT2D eigenvalue weighted by molar-refractivity contribution is -0.161. The van der Waals surface area contributed by atoms with Crippen LogP contribution in [0.3, 0.4) is 0 Å². The fourth-order valence-corrected chi connectivity index (χ4v) is 0.899. The summed E-state index contributed by atoms with van der Waals surface area (Å²) in [6, 6.07) is 0. The van der Waals surface area contributed by atoms with E-state index in [0.717, 1.165) is 6.42 Å². The van der Waals surface area contributed by atoms with Gasteiger partial charge in [-0.05, 0) is 27.2 Å². The van der Waals surface area contributed by atoms with Crippen molar-refractivity contribution in [3.8, 4) is 0 Å². The van der Waals surface area contributed by atoms with Gasteiger partial charge in [-0.15, -0.1) is 6.58 Å². The molecule has 0 aliphatic carbocycles. The van der Waals surface area contributed by atoms with Crippen LogP contribution >= 0.6 is 0 Å². The maximum Gasteiger partial charge on any atom is 0.332 e. The van der Waals surface area contributed by atoms with Gasteiger partial charge < -0.3 is 9.47 Å². The maximum absolute atomic E-state index is 11.2. The number of hydrogen-bond acceptors (Lipinski definition) is 3. The Morgan fingerprint density at radius 1 is 1.50 bits per heavy atom. The summed E-state index contributed by atoms with van der Waals surface area (Å²) in [4.78, 5) is 11.2.